The van der Waals surface area contributed by atoms with Crippen LogP contribution in [0.2, 0.25) is 0 Å². The predicted octanol–water partition coefficient (Wildman–Crippen LogP) is 0.628. The molecule has 0 radical (unpaired) electrons. The number of carboxylic acid groups (broad SMARTS) is 2. The van der Waals surface area contributed by atoms with Gasteiger partial charge in [0.05, 0.1) is 0 Å². The summed E-state index contributed by atoms with van der Waals surface area (Å²) in [5.41, 5.74) is 11.5. The van der Waals surface area contributed by atoms with Gasteiger partial charge in [-0.05, 0) is 60.4 Å². The molecule has 2 aromatic rings. The molecule has 0 aliphatic carbocycles. The summed E-state index contributed by atoms with van der Waals surface area (Å²) in [6.45, 7) is 0. The van der Waals surface area contributed by atoms with Gasteiger partial charge >= 0.3 is 11.9 Å². The summed E-state index contributed by atoms with van der Waals surface area (Å²) in [5, 5.41) is 37.4. The predicted molar refractivity (Wildman–Crippen MR) is 113 cm³/mol. The summed E-state index contributed by atoms with van der Waals surface area (Å²) >= 11 is 0. The van der Waals surface area contributed by atoms with Crippen molar-refractivity contribution in [2.45, 2.75) is 24.9 Å². The lowest BCUT2D eigenvalue weighted by atomic mass is 9.95. The Balaban J connectivity index is 2.31. The van der Waals surface area contributed by atoms with E-state index in [1.165, 1.54) is 24.3 Å². The highest BCUT2D eigenvalue weighted by atomic mass is 16.4. The molecule has 10 heteroatoms. The van der Waals surface area contributed by atoms with Crippen molar-refractivity contribution in [1.29, 1.82) is 0 Å². The highest BCUT2D eigenvalue weighted by molar-refractivity contribution is 6.13. The Hall–Kier alpha value is -4.02. The van der Waals surface area contributed by atoms with Gasteiger partial charge in [0.15, 0.2) is 11.6 Å². The fraction of sp³-hybridized carbons (Fsp3) is 0.182. The largest absolute Gasteiger partial charge is 0.508 e. The minimum Gasteiger partial charge on any atom is -0.508 e. The standard InChI is InChI=1S/C22H22N2O8/c23-17(21(29)30)7-11-1-3-13(25)9-15(11)19(27)5-6-20(28)16-10-14(26)4-2-12(16)8-18(24)22(31)32/h1-6,9-10,17-18,25-26H,7-8,23-24H2,(H,29,30)(H,31,32)/b6-5+. The van der Waals surface area contributed by atoms with E-state index in [1.807, 2.05) is 0 Å². The van der Waals surface area contributed by atoms with Crippen molar-refractivity contribution in [3.05, 3.63) is 70.8 Å². The molecule has 0 aromatic heterocycles. The van der Waals surface area contributed by atoms with Crippen molar-refractivity contribution in [1.82, 2.24) is 0 Å². The summed E-state index contributed by atoms with van der Waals surface area (Å²) in [6, 6.07) is 5.00. The number of ketones is 2. The molecule has 0 amide bonds. The molecular weight excluding hydrogens is 420 g/mol. The van der Waals surface area contributed by atoms with Crippen molar-refractivity contribution < 1.29 is 39.6 Å². The molecule has 2 aromatic carbocycles. The monoisotopic (exact) mass is 442 g/mol. The third-order valence-electron chi connectivity index (χ3n) is 4.62. The van der Waals surface area contributed by atoms with Crippen molar-refractivity contribution >= 4 is 23.5 Å². The first kappa shape index (κ1) is 24.3. The molecule has 0 heterocycles. The van der Waals surface area contributed by atoms with Gasteiger partial charge in [-0.3, -0.25) is 19.2 Å². The van der Waals surface area contributed by atoms with E-state index in [9.17, 15) is 29.4 Å². The van der Waals surface area contributed by atoms with Crippen LogP contribution < -0.4 is 11.5 Å². The van der Waals surface area contributed by atoms with E-state index in [4.69, 9.17) is 21.7 Å². The molecule has 2 unspecified atom stereocenters. The zero-order valence-corrected chi connectivity index (χ0v) is 16.8. The molecular formula is C22H22N2O8. The van der Waals surface area contributed by atoms with Gasteiger partial charge in [-0.1, -0.05) is 12.1 Å². The molecule has 168 valence electrons. The molecule has 10 nitrogen and oxygen atoms in total. The molecule has 0 spiro atoms. The number of nitrogens with two attached hydrogens (primary N) is 2. The molecule has 0 aliphatic heterocycles. The zero-order chi connectivity index (χ0) is 24.0. The van der Waals surface area contributed by atoms with Crippen LogP contribution in [0.15, 0.2) is 48.6 Å². The van der Waals surface area contributed by atoms with Crippen LogP contribution in [-0.2, 0) is 22.4 Å². The highest BCUT2D eigenvalue weighted by Gasteiger charge is 2.19. The van der Waals surface area contributed by atoms with Crippen LogP contribution in [0.3, 0.4) is 0 Å². The van der Waals surface area contributed by atoms with E-state index in [1.54, 1.807) is 0 Å². The van der Waals surface area contributed by atoms with Gasteiger partial charge in [-0.25, -0.2) is 0 Å². The molecule has 0 fully saturated rings. The fourth-order valence-corrected chi connectivity index (χ4v) is 2.92. The van der Waals surface area contributed by atoms with Gasteiger partial charge in [-0.15, -0.1) is 0 Å². The third kappa shape index (κ3) is 6.24. The Labute approximate surface area is 182 Å². The van der Waals surface area contributed by atoms with Crippen LogP contribution in [0.25, 0.3) is 0 Å². The summed E-state index contributed by atoms with van der Waals surface area (Å²) in [7, 11) is 0. The van der Waals surface area contributed by atoms with E-state index in [0.29, 0.717) is 0 Å². The molecule has 2 rings (SSSR count). The zero-order valence-electron chi connectivity index (χ0n) is 16.8. The lowest BCUT2D eigenvalue weighted by Gasteiger charge is -2.11. The molecule has 0 saturated carbocycles. The minimum absolute atomic E-state index is 0.0326. The van der Waals surface area contributed by atoms with Crippen molar-refractivity contribution in [2.24, 2.45) is 11.5 Å². The highest BCUT2D eigenvalue weighted by Crippen LogP contribution is 2.21. The number of hydrogen-bond donors (Lipinski definition) is 6. The van der Waals surface area contributed by atoms with Gasteiger partial charge in [0.2, 0.25) is 0 Å². The lowest BCUT2D eigenvalue weighted by Crippen LogP contribution is -2.32. The number of phenols is 2. The maximum Gasteiger partial charge on any atom is 0.320 e. The Morgan fingerprint density at radius 3 is 1.38 bits per heavy atom. The van der Waals surface area contributed by atoms with Crippen LogP contribution in [0.1, 0.15) is 31.8 Å². The number of phenolic OH excluding ortho intramolecular Hbond substituents is 2. The Morgan fingerprint density at radius 2 is 1.06 bits per heavy atom. The topological polar surface area (TPSA) is 201 Å². The van der Waals surface area contributed by atoms with Gasteiger partial charge in [0, 0.05) is 11.1 Å². The van der Waals surface area contributed by atoms with Gasteiger partial charge in [0.1, 0.15) is 23.6 Å². The normalized spacial score (nSPS) is 12.9. The number of carbonyl (C=O) groups is 4. The molecule has 2 atom stereocenters. The molecule has 0 saturated heterocycles. The van der Waals surface area contributed by atoms with Crippen LogP contribution >= 0.6 is 0 Å². The number of hydrogen-bond acceptors (Lipinski definition) is 8. The van der Waals surface area contributed by atoms with E-state index in [2.05, 4.69) is 0 Å². The average Bonchev–Trinajstić information content (AvgIpc) is 2.73. The van der Waals surface area contributed by atoms with Crippen LogP contribution in [-0.4, -0.2) is 56.0 Å². The summed E-state index contributed by atoms with van der Waals surface area (Å²) < 4.78 is 0. The maximum absolute atomic E-state index is 12.6. The van der Waals surface area contributed by atoms with Gasteiger partial charge in [-0.2, -0.15) is 0 Å². The number of carboxylic acids is 2. The van der Waals surface area contributed by atoms with Gasteiger partial charge in [0.25, 0.3) is 0 Å². The molecule has 0 bridgehead atoms. The number of rotatable bonds is 10. The molecule has 0 aliphatic rings. The maximum atomic E-state index is 12.6. The van der Waals surface area contributed by atoms with Crippen molar-refractivity contribution in [3.8, 4) is 11.5 Å². The first-order valence-electron chi connectivity index (χ1n) is 9.37. The third-order valence-corrected chi connectivity index (χ3v) is 4.62. The van der Waals surface area contributed by atoms with Crippen LogP contribution in [0.5, 0.6) is 11.5 Å². The Morgan fingerprint density at radius 1 is 0.719 bits per heavy atom. The Bertz CT molecular complexity index is 1010. The molecule has 8 N–H and O–H groups in total. The SMILES string of the molecule is NC(Cc1ccc(O)cc1C(=O)/C=C/C(=O)c1cc(O)ccc1CC(N)C(=O)O)C(=O)O. The lowest BCUT2D eigenvalue weighted by molar-refractivity contribution is -0.139. The fourth-order valence-electron chi connectivity index (χ4n) is 2.92. The van der Waals surface area contributed by atoms with E-state index >= 15 is 0 Å². The number of aromatic hydroxyl groups is 2. The molecule has 32 heavy (non-hydrogen) atoms. The van der Waals surface area contributed by atoms with Crippen LogP contribution in [0.4, 0.5) is 0 Å². The Kier molecular flexibility index (Phi) is 7.83. The first-order chi connectivity index (χ1) is 15.0. The second-order valence-electron chi connectivity index (χ2n) is 7.04. The van der Waals surface area contributed by atoms with E-state index in [0.717, 1.165) is 24.3 Å². The summed E-state index contributed by atoms with van der Waals surface area (Å²) in [6.07, 6.45) is 1.50. The quantitative estimate of drug-likeness (QED) is 0.224. The van der Waals surface area contributed by atoms with Crippen LogP contribution in [0, 0.1) is 0 Å². The second kappa shape index (κ2) is 10.3. The minimum atomic E-state index is -1.27. The van der Waals surface area contributed by atoms with Crippen molar-refractivity contribution in [2.75, 3.05) is 0 Å². The second-order valence-corrected chi connectivity index (χ2v) is 7.04. The average molecular weight is 442 g/mol. The van der Waals surface area contributed by atoms with E-state index in [-0.39, 0.29) is 46.6 Å². The van der Waals surface area contributed by atoms with Gasteiger partial charge < -0.3 is 31.9 Å². The first-order valence-corrected chi connectivity index (χ1v) is 9.37. The number of allylic oxidation sites excluding steroid dienone is 2. The van der Waals surface area contributed by atoms with E-state index < -0.39 is 35.6 Å². The number of carbonyl (C=O) groups excluding carboxylic acids is 2. The smallest absolute Gasteiger partial charge is 0.320 e. The summed E-state index contributed by atoms with van der Waals surface area (Å²) in [5.74, 6) is -4.38. The summed E-state index contributed by atoms with van der Waals surface area (Å²) in [4.78, 5) is 47.3. The van der Waals surface area contributed by atoms with Crippen molar-refractivity contribution in [3.63, 3.8) is 0 Å². The number of aliphatic carboxylic acids is 2. The number of benzene rings is 2.